The van der Waals surface area contributed by atoms with Crippen molar-refractivity contribution in [3.05, 3.63) is 35.2 Å². The number of piperazine rings is 1. The van der Waals surface area contributed by atoms with Gasteiger partial charge in [-0.25, -0.2) is 15.0 Å². The molecule has 0 bridgehead atoms. The van der Waals surface area contributed by atoms with Gasteiger partial charge >= 0.3 is 0 Å². The van der Waals surface area contributed by atoms with Crippen LogP contribution in [0.15, 0.2) is 23.1 Å². The number of likely N-dealkylation sites (N-methyl/N-ethyl adjacent to an activating group) is 1. The third kappa shape index (κ3) is 13.0. The molecule has 0 aromatic carbocycles. The van der Waals surface area contributed by atoms with Gasteiger partial charge in [-0.05, 0) is 76.0 Å². The Hall–Kier alpha value is -2.30. The fourth-order valence-corrected chi connectivity index (χ4v) is 4.54. The highest BCUT2D eigenvalue weighted by molar-refractivity contribution is 5.54. The Morgan fingerprint density at radius 2 is 1.89 bits per heavy atom. The molecule has 1 aromatic rings. The highest BCUT2D eigenvalue weighted by Crippen LogP contribution is 2.28. The first-order valence-corrected chi connectivity index (χ1v) is 14.7. The van der Waals surface area contributed by atoms with Gasteiger partial charge in [0.15, 0.2) is 0 Å². The van der Waals surface area contributed by atoms with E-state index in [0.29, 0.717) is 18.4 Å². The fourth-order valence-electron chi connectivity index (χ4n) is 4.54. The fraction of sp³-hybridized carbons (Fsp3) is 0.742. The zero-order chi connectivity index (χ0) is 28.6. The third-order valence-electron chi connectivity index (χ3n) is 6.89. The summed E-state index contributed by atoms with van der Waals surface area (Å²) in [7, 11) is 2.18. The first kappa shape index (κ1) is 33.7. The molecule has 0 radical (unpaired) electrons. The van der Waals surface area contributed by atoms with Crippen molar-refractivity contribution in [1.29, 1.82) is 5.26 Å². The zero-order valence-electron chi connectivity index (χ0n) is 25.8. The van der Waals surface area contributed by atoms with Crippen LogP contribution in [0.5, 0.6) is 0 Å². The maximum Gasteiger partial charge on any atom is 0.232 e. The van der Waals surface area contributed by atoms with Crippen molar-refractivity contribution < 1.29 is 4.74 Å². The monoisotopic (exact) mass is 526 g/mol. The van der Waals surface area contributed by atoms with Crippen molar-refractivity contribution in [2.45, 2.75) is 100.0 Å². The molecular formula is C31H54N6O. The second kappa shape index (κ2) is 18.1. The lowest BCUT2D eigenvalue weighted by Gasteiger charge is -2.35. The van der Waals surface area contributed by atoms with E-state index in [1.807, 2.05) is 27.0 Å². The minimum absolute atomic E-state index is 0.260. The lowest BCUT2D eigenvalue weighted by molar-refractivity contribution is 0.130. The van der Waals surface area contributed by atoms with Crippen LogP contribution in [0.25, 0.3) is 0 Å². The predicted octanol–water partition coefficient (Wildman–Crippen LogP) is 6.29. The molecule has 0 amide bonds. The van der Waals surface area contributed by atoms with Crippen LogP contribution in [0.3, 0.4) is 0 Å². The average Bonchev–Trinajstić information content (AvgIpc) is 2.89. The van der Waals surface area contributed by atoms with Gasteiger partial charge in [-0.3, -0.25) is 4.90 Å². The number of ether oxygens (including phenoxy) is 1. The van der Waals surface area contributed by atoms with Crippen LogP contribution in [0.4, 0.5) is 0 Å². The van der Waals surface area contributed by atoms with Crippen molar-refractivity contribution in [3.8, 4) is 6.07 Å². The van der Waals surface area contributed by atoms with Gasteiger partial charge in [0.05, 0.1) is 6.61 Å². The van der Waals surface area contributed by atoms with Gasteiger partial charge in [0.25, 0.3) is 0 Å². The lowest BCUT2D eigenvalue weighted by Crippen LogP contribution is -2.47. The molecule has 7 heteroatoms. The number of nitrogens with zero attached hydrogens (tertiary/aromatic N) is 6. The normalized spacial score (nSPS) is 17.0. The van der Waals surface area contributed by atoms with E-state index in [2.05, 4.69) is 78.6 Å². The lowest BCUT2D eigenvalue weighted by atomic mass is 9.83. The molecule has 2 rings (SSSR count). The molecule has 0 spiro atoms. The second-order valence-electron chi connectivity index (χ2n) is 11.3. The Balaban J connectivity index is 0.00000352. The Labute approximate surface area is 233 Å². The van der Waals surface area contributed by atoms with E-state index in [4.69, 9.17) is 4.74 Å². The molecule has 0 N–H and O–H groups in total. The summed E-state index contributed by atoms with van der Waals surface area (Å²) in [5, 5.41) is 9.34. The van der Waals surface area contributed by atoms with Crippen molar-refractivity contribution >= 4 is 6.21 Å². The highest BCUT2D eigenvalue weighted by atomic mass is 16.5. The summed E-state index contributed by atoms with van der Waals surface area (Å²) in [6, 6.07) is 2.40. The molecule has 2 heterocycles. The highest BCUT2D eigenvalue weighted by Gasteiger charge is 2.20. The summed E-state index contributed by atoms with van der Waals surface area (Å²) >= 11 is 0. The molecule has 7 nitrogen and oxygen atoms in total. The van der Waals surface area contributed by atoms with Gasteiger partial charge in [-0.2, -0.15) is 5.26 Å². The number of aliphatic imine (C=N–C) groups is 1. The number of nitriles is 1. The van der Waals surface area contributed by atoms with Gasteiger partial charge in [0.1, 0.15) is 6.07 Å². The number of hydrogen-bond acceptors (Lipinski definition) is 7. The maximum absolute atomic E-state index is 9.34. The predicted molar refractivity (Wildman–Crippen MR) is 159 cm³/mol. The number of aromatic nitrogens is 2. The van der Waals surface area contributed by atoms with E-state index < -0.39 is 0 Å². The van der Waals surface area contributed by atoms with E-state index in [-0.39, 0.29) is 17.3 Å². The van der Waals surface area contributed by atoms with Gasteiger partial charge in [0, 0.05) is 50.3 Å². The van der Waals surface area contributed by atoms with Crippen molar-refractivity contribution in [1.82, 2.24) is 19.8 Å². The second-order valence-corrected chi connectivity index (χ2v) is 11.3. The van der Waals surface area contributed by atoms with E-state index in [9.17, 15) is 5.26 Å². The third-order valence-corrected chi connectivity index (χ3v) is 6.89. The topological polar surface area (TPSA) is 77.6 Å². The van der Waals surface area contributed by atoms with Crippen LogP contribution in [0.2, 0.25) is 0 Å². The standard InChI is InChI=1S/C29H48N6O.C2H6/c1-8-10-25-22-32-27(21-30)33-26(25)20-24(11-13-29(4,5)6)12-18-36-28(31-9-2)19-23(3)35-16-14-34(7)15-17-35;1-2/h9,19,22-24H,8,10-18,20H2,1-7H3;1-2H3/b28-19+,31-9-;. The number of aryl methyl sites for hydroxylation is 1. The molecule has 38 heavy (non-hydrogen) atoms. The first-order chi connectivity index (χ1) is 18.1. The summed E-state index contributed by atoms with van der Waals surface area (Å²) < 4.78 is 6.23. The van der Waals surface area contributed by atoms with Crippen LogP contribution < -0.4 is 0 Å². The molecule has 1 saturated heterocycles. The molecule has 0 saturated carbocycles. The van der Waals surface area contributed by atoms with Gasteiger partial charge < -0.3 is 9.64 Å². The molecule has 1 fully saturated rings. The summed E-state index contributed by atoms with van der Waals surface area (Å²) in [6.07, 6.45) is 11.8. The summed E-state index contributed by atoms with van der Waals surface area (Å²) in [5.41, 5.74) is 2.45. The van der Waals surface area contributed by atoms with E-state index >= 15 is 0 Å². The van der Waals surface area contributed by atoms with Crippen LogP contribution in [0.1, 0.15) is 98.2 Å². The molecule has 0 aliphatic carbocycles. The molecule has 2 unspecified atom stereocenters. The number of rotatable bonds is 13. The first-order valence-electron chi connectivity index (χ1n) is 14.7. The van der Waals surface area contributed by atoms with Crippen LogP contribution in [-0.2, 0) is 17.6 Å². The van der Waals surface area contributed by atoms with Crippen LogP contribution in [0, 0.1) is 22.7 Å². The summed E-state index contributed by atoms with van der Waals surface area (Å²) in [5.74, 6) is 1.39. The maximum atomic E-state index is 9.34. The Morgan fingerprint density at radius 1 is 1.21 bits per heavy atom. The van der Waals surface area contributed by atoms with E-state index in [1.165, 1.54) is 0 Å². The Kier molecular flexibility index (Phi) is 16.0. The molecule has 2 atom stereocenters. The molecule has 1 aliphatic heterocycles. The van der Waals surface area contributed by atoms with Crippen molar-refractivity contribution in [2.75, 3.05) is 39.8 Å². The summed E-state index contributed by atoms with van der Waals surface area (Å²) in [6.45, 7) is 22.1. The van der Waals surface area contributed by atoms with Crippen molar-refractivity contribution in [3.63, 3.8) is 0 Å². The minimum Gasteiger partial charge on any atom is -0.478 e. The van der Waals surface area contributed by atoms with E-state index in [0.717, 1.165) is 76.0 Å². The molecule has 214 valence electrons. The quantitative estimate of drug-likeness (QED) is 0.222. The SMILES string of the molecule is C/C=N\C(=C/C(C)N1CCN(C)CC1)OCCC(CCC(C)(C)C)Cc1nc(C#N)ncc1CCC.CC. The Morgan fingerprint density at radius 3 is 2.47 bits per heavy atom. The smallest absolute Gasteiger partial charge is 0.232 e. The zero-order valence-corrected chi connectivity index (χ0v) is 25.8. The Bertz CT molecular complexity index is 891. The summed E-state index contributed by atoms with van der Waals surface area (Å²) in [4.78, 5) is 18.2. The van der Waals surface area contributed by atoms with Crippen LogP contribution in [-0.4, -0.2) is 71.9 Å². The largest absolute Gasteiger partial charge is 0.478 e. The van der Waals surface area contributed by atoms with Gasteiger partial charge in [-0.15, -0.1) is 0 Å². The number of hydrogen-bond donors (Lipinski definition) is 0. The van der Waals surface area contributed by atoms with Gasteiger partial charge in [0.2, 0.25) is 11.7 Å². The van der Waals surface area contributed by atoms with E-state index in [1.54, 1.807) is 6.21 Å². The molecule has 1 aliphatic rings. The molecule has 1 aromatic heterocycles. The van der Waals surface area contributed by atoms with Crippen LogP contribution >= 0.6 is 0 Å². The molecular weight excluding hydrogens is 472 g/mol. The average molecular weight is 527 g/mol. The van der Waals surface area contributed by atoms with Crippen molar-refractivity contribution in [2.24, 2.45) is 16.3 Å². The van der Waals surface area contributed by atoms with Gasteiger partial charge in [-0.1, -0.05) is 48.0 Å². The minimum atomic E-state index is 0.260.